The van der Waals surface area contributed by atoms with Gasteiger partial charge in [-0.1, -0.05) is 25.0 Å². The number of anilines is 1. The number of benzene rings is 2. The van der Waals surface area contributed by atoms with E-state index >= 15 is 0 Å². The largest absolute Gasteiger partial charge is 0.493 e. The van der Waals surface area contributed by atoms with Gasteiger partial charge in [0.05, 0.1) is 19.8 Å². The highest BCUT2D eigenvalue weighted by molar-refractivity contribution is 9.10. The lowest BCUT2D eigenvalue weighted by Crippen LogP contribution is -2.55. The van der Waals surface area contributed by atoms with Crippen molar-refractivity contribution in [3.8, 4) is 11.5 Å². The van der Waals surface area contributed by atoms with Crippen LogP contribution >= 0.6 is 15.9 Å². The van der Waals surface area contributed by atoms with Crippen LogP contribution in [0.3, 0.4) is 0 Å². The smallest absolute Gasteiger partial charge is 0.253 e. The van der Waals surface area contributed by atoms with Crippen LogP contribution in [0.25, 0.3) is 0 Å². The third-order valence-electron chi connectivity index (χ3n) is 5.00. The average molecular weight is 447 g/mol. The van der Waals surface area contributed by atoms with Gasteiger partial charge in [0.1, 0.15) is 5.54 Å². The van der Waals surface area contributed by atoms with E-state index in [1.54, 1.807) is 50.6 Å². The van der Waals surface area contributed by atoms with Crippen molar-refractivity contribution in [2.45, 2.75) is 31.2 Å². The van der Waals surface area contributed by atoms with Gasteiger partial charge >= 0.3 is 0 Å². The summed E-state index contributed by atoms with van der Waals surface area (Å²) in [5.74, 6) is 0.616. The lowest BCUT2D eigenvalue weighted by molar-refractivity contribution is -0.122. The summed E-state index contributed by atoms with van der Waals surface area (Å²) in [6, 6.07) is 12.4. The van der Waals surface area contributed by atoms with Crippen LogP contribution in [0.4, 0.5) is 5.69 Å². The van der Waals surface area contributed by atoms with E-state index in [1.165, 1.54) is 0 Å². The molecule has 0 atom stereocenters. The Hall–Kier alpha value is -2.54. The summed E-state index contributed by atoms with van der Waals surface area (Å²) in [5.41, 5.74) is 0.163. The summed E-state index contributed by atoms with van der Waals surface area (Å²) in [6.45, 7) is 0. The Bertz CT molecular complexity index is 878. The normalized spacial score (nSPS) is 15.0. The Labute approximate surface area is 172 Å². The molecule has 3 rings (SSSR count). The Kier molecular flexibility index (Phi) is 6.24. The Morgan fingerprint density at radius 2 is 1.68 bits per heavy atom. The van der Waals surface area contributed by atoms with Crippen molar-refractivity contribution in [3.05, 3.63) is 52.5 Å². The van der Waals surface area contributed by atoms with E-state index in [9.17, 15) is 9.59 Å². The molecule has 6 nitrogen and oxygen atoms in total. The summed E-state index contributed by atoms with van der Waals surface area (Å²) in [4.78, 5) is 25.9. The molecule has 0 heterocycles. The molecule has 1 saturated carbocycles. The number of amides is 2. The topological polar surface area (TPSA) is 76.7 Å². The minimum atomic E-state index is -0.931. The zero-order valence-corrected chi connectivity index (χ0v) is 17.5. The number of hydrogen-bond acceptors (Lipinski definition) is 4. The number of halogens is 1. The molecule has 0 aromatic heterocycles. The molecule has 2 N–H and O–H groups in total. The van der Waals surface area contributed by atoms with Crippen LogP contribution in [0.2, 0.25) is 0 Å². The number of nitrogens with one attached hydrogen (secondary N) is 2. The maximum absolute atomic E-state index is 13.1. The molecule has 0 unspecified atom stereocenters. The summed E-state index contributed by atoms with van der Waals surface area (Å²) >= 11 is 3.40. The minimum absolute atomic E-state index is 0.224. The van der Waals surface area contributed by atoms with Gasteiger partial charge in [0, 0.05) is 16.2 Å². The number of ether oxygens (including phenoxy) is 2. The summed E-state index contributed by atoms with van der Waals surface area (Å²) in [5, 5.41) is 5.90. The molecule has 1 aliphatic carbocycles. The van der Waals surface area contributed by atoms with Crippen LogP contribution < -0.4 is 20.1 Å². The fourth-order valence-corrected chi connectivity index (χ4v) is 3.95. The first-order valence-corrected chi connectivity index (χ1v) is 9.89. The van der Waals surface area contributed by atoms with Crippen molar-refractivity contribution >= 4 is 33.4 Å². The molecule has 0 radical (unpaired) electrons. The van der Waals surface area contributed by atoms with Crippen molar-refractivity contribution in [2.75, 3.05) is 19.5 Å². The van der Waals surface area contributed by atoms with E-state index < -0.39 is 5.54 Å². The Morgan fingerprint density at radius 3 is 2.32 bits per heavy atom. The SMILES string of the molecule is COc1ccc(NC(=O)C2(NC(=O)c3ccccc3Br)CCCC2)cc1OC. The third kappa shape index (κ3) is 4.14. The fourth-order valence-electron chi connectivity index (χ4n) is 3.48. The van der Waals surface area contributed by atoms with Gasteiger partial charge < -0.3 is 20.1 Å². The van der Waals surface area contributed by atoms with Gasteiger partial charge in [-0.05, 0) is 53.0 Å². The Balaban J connectivity index is 1.80. The monoisotopic (exact) mass is 446 g/mol. The number of rotatable bonds is 6. The van der Waals surface area contributed by atoms with Gasteiger partial charge in [-0.15, -0.1) is 0 Å². The van der Waals surface area contributed by atoms with Crippen LogP contribution in [0.1, 0.15) is 36.0 Å². The number of methoxy groups -OCH3 is 2. The molecule has 7 heteroatoms. The molecule has 2 amide bonds. The van der Waals surface area contributed by atoms with Crippen LogP contribution in [-0.2, 0) is 4.79 Å². The maximum Gasteiger partial charge on any atom is 0.253 e. The van der Waals surface area contributed by atoms with E-state index in [2.05, 4.69) is 26.6 Å². The number of carbonyl (C=O) groups excluding carboxylic acids is 2. The zero-order chi connectivity index (χ0) is 20.1. The lowest BCUT2D eigenvalue weighted by Gasteiger charge is -2.29. The molecule has 148 valence electrons. The van der Waals surface area contributed by atoms with Gasteiger partial charge in [0.2, 0.25) is 5.91 Å². The highest BCUT2D eigenvalue weighted by Crippen LogP contribution is 2.34. The molecule has 0 spiro atoms. The van der Waals surface area contributed by atoms with Crippen LogP contribution in [0.5, 0.6) is 11.5 Å². The highest BCUT2D eigenvalue weighted by atomic mass is 79.9. The lowest BCUT2D eigenvalue weighted by atomic mass is 9.95. The fraction of sp³-hybridized carbons (Fsp3) is 0.333. The van der Waals surface area contributed by atoms with Gasteiger partial charge in [-0.3, -0.25) is 9.59 Å². The van der Waals surface area contributed by atoms with Crippen LogP contribution in [-0.4, -0.2) is 31.6 Å². The maximum atomic E-state index is 13.1. The summed E-state index contributed by atoms with van der Waals surface area (Å²) in [7, 11) is 3.10. The van der Waals surface area contributed by atoms with E-state index in [0.29, 0.717) is 40.1 Å². The first-order chi connectivity index (χ1) is 13.5. The molecule has 1 fully saturated rings. The molecule has 2 aromatic rings. The molecule has 1 aliphatic rings. The standard InChI is InChI=1S/C21H23BrN2O4/c1-27-17-10-9-14(13-18(17)28-2)23-20(26)21(11-5-6-12-21)24-19(25)15-7-3-4-8-16(15)22/h3-4,7-10,13H,5-6,11-12H2,1-2H3,(H,23,26)(H,24,25). The van der Waals surface area contributed by atoms with E-state index in [4.69, 9.17) is 9.47 Å². The molecule has 0 saturated heterocycles. The highest BCUT2D eigenvalue weighted by Gasteiger charge is 2.42. The molecule has 28 heavy (non-hydrogen) atoms. The van der Waals surface area contributed by atoms with Crippen LogP contribution in [0.15, 0.2) is 46.9 Å². The van der Waals surface area contributed by atoms with Crippen molar-refractivity contribution in [2.24, 2.45) is 0 Å². The van der Waals surface area contributed by atoms with Gasteiger partial charge in [-0.2, -0.15) is 0 Å². The molecule has 2 aromatic carbocycles. The van der Waals surface area contributed by atoms with Crippen molar-refractivity contribution in [3.63, 3.8) is 0 Å². The number of carbonyl (C=O) groups is 2. The summed E-state index contributed by atoms with van der Waals surface area (Å²) < 4.78 is 11.2. The second-order valence-corrected chi connectivity index (χ2v) is 7.60. The second kappa shape index (κ2) is 8.65. The predicted molar refractivity (Wildman–Crippen MR) is 111 cm³/mol. The van der Waals surface area contributed by atoms with Gasteiger partial charge in [-0.25, -0.2) is 0 Å². The summed E-state index contributed by atoms with van der Waals surface area (Å²) in [6.07, 6.45) is 2.97. The quantitative estimate of drug-likeness (QED) is 0.698. The average Bonchev–Trinajstić information content (AvgIpc) is 3.17. The van der Waals surface area contributed by atoms with Gasteiger partial charge in [0.25, 0.3) is 5.91 Å². The first-order valence-electron chi connectivity index (χ1n) is 9.09. The molecular formula is C21H23BrN2O4. The van der Waals surface area contributed by atoms with Crippen molar-refractivity contribution < 1.29 is 19.1 Å². The molecule has 0 aliphatic heterocycles. The third-order valence-corrected chi connectivity index (χ3v) is 5.70. The number of hydrogen-bond donors (Lipinski definition) is 2. The van der Waals surface area contributed by atoms with Crippen LogP contribution in [0, 0.1) is 0 Å². The minimum Gasteiger partial charge on any atom is -0.493 e. The Morgan fingerprint density at radius 1 is 1.00 bits per heavy atom. The van der Waals surface area contributed by atoms with Crippen molar-refractivity contribution in [1.82, 2.24) is 5.32 Å². The van der Waals surface area contributed by atoms with E-state index in [-0.39, 0.29) is 11.8 Å². The molecular weight excluding hydrogens is 424 g/mol. The van der Waals surface area contributed by atoms with E-state index in [0.717, 1.165) is 12.8 Å². The first kappa shape index (κ1) is 20.2. The van der Waals surface area contributed by atoms with E-state index in [1.807, 2.05) is 6.07 Å². The van der Waals surface area contributed by atoms with Gasteiger partial charge in [0.15, 0.2) is 11.5 Å². The zero-order valence-electron chi connectivity index (χ0n) is 15.9. The predicted octanol–water partition coefficient (Wildman–Crippen LogP) is 4.15. The van der Waals surface area contributed by atoms with Crippen molar-refractivity contribution in [1.29, 1.82) is 0 Å². The second-order valence-electron chi connectivity index (χ2n) is 6.75. The molecule has 0 bridgehead atoms.